The van der Waals surface area contributed by atoms with Crippen LogP contribution in [0.3, 0.4) is 0 Å². The van der Waals surface area contributed by atoms with E-state index >= 15 is 0 Å². The smallest absolute Gasteiger partial charge is 0.251 e. The Kier molecular flexibility index (Phi) is 11.1. The van der Waals surface area contributed by atoms with E-state index in [4.69, 9.17) is 32.7 Å². The van der Waals surface area contributed by atoms with Gasteiger partial charge in [-0.3, -0.25) is 14.6 Å². The summed E-state index contributed by atoms with van der Waals surface area (Å²) in [4.78, 5) is 33.1. The van der Waals surface area contributed by atoms with E-state index in [0.29, 0.717) is 35.9 Å². The van der Waals surface area contributed by atoms with Crippen molar-refractivity contribution in [3.8, 4) is 11.5 Å². The fourth-order valence-corrected chi connectivity index (χ4v) is 5.60. The third kappa shape index (κ3) is 8.17. The van der Waals surface area contributed by atoms with Crippen LogP contribution in [0, 0.1) is 0 Å². The first-order valence-corrected chi connectivity index (χ1v) is 15.5. The molecule has 1 aliphatic heterocycles. The van der Waals surface area contributed by atoms with Gasteiger partial charge in [0.2, 0.25) is 6.41 Å². The van der Waals surface area contributed by atoms with Gasteiger partial charge in [-0.2, -0.15) is 0 Å². The van der Waals surface area contributed by atoms with Crippen molar-refractivity contribution in [2.75, 3.05) is 26.8 Å². The Balaban J connectivity index is 0.000000400. The molecule has 0 fully saturated rings. The minimum atomic E-state index is -0.734. The lowest BCUT2D eigenvalue weighted by Crippen LogP contribution is -2.35. The van der Waals surface area contributed by atoms with Gasteiger partial charge in [-0.15, -0.1) is 0 Å². The summed E-state index contributed by atoms with van der Waals surface area (Å²) in [5.41, 5.74) is 4.65. The van der Waals surface area contributed by atoms with Gasteiger partial charge < -0.3 is 29.8 Å². The Labute approximate surface area is 277 Å². The third-order valence-corrected chi connectivity index (χ3v) is 8.15. The first-order chi connectivity index (χ1) is 22.4. The van der Waals surface area contributed by atoms with Gasteiger partial charge in [0.05, 0.1) is 25.9 Å². The number of methoxy groups -OCH3 is 1. The molecule has 6 rings (SSSR count). The number of rotatable bonds is 10. The van der Waals surface area contributed by atoms with Crippen molar-refractivity contribution in [3.63, 3.8) is 0 Å². The van der Waals surface area contributed by atoms with Gasteiger partial charge in [0.1, 0.15) is 11.5 Å². The number of carbonyl (C=O) groups is 2. The summed E-state index contributed by atoms with van der Waals surface area (Å²) < 4.78 is 10.7. The van der Waals surface area contributed by atoms with E-state index in [1.807, 2.05) is 54.6 Å². The highest BCUT2D eigenvalue weighted by Crippen LogP contribution is 2.38. The van der Waals surface area contributed by atoms with Crippen LogP contribution in [0.15, 0.2) is 91.3 Å². The summed E-state index contributed by atoms with van der Waals surface area (Å²) >= 11 is 11.8. The zero-order chi connectivity index (χ0) is 32.5. The average molecular weight is 662 g/mol. The van der Waals surface area contributed by atoms with E-state index in [1.54, 1.807) is 48.7 Å². The summed E-state index contributed by atoms with van der Waals surface area (Å²) in [5.74, 6) is 1.24. The molecule has 9 nitrogen and oxygen atoms in total. The molecule has 0 spiro atoms. The van der Waals surface area contributed by atoms with E-state index in [9.17, 15) is 14.7 Å². The van der Waals surface area contributed by atoms with E-state index in [1.165, 1.54) is 5.56 Å². The number of ether oxygens (including phenoxy) is 2. The highest BCUT2D eigenvalue weighted by atomic mass is 35.5. The maximum Gasteiger partial charge on any atom is 0.251 e. The van der Waals surface area contributed by atoms with E-state index in [2.05, 4.69) is 15.3 Å². The molecule has 0 saturated heterocycles. The number of nitrogens with one attached hydrogen (secondary N) is 2. The first-order valence-electron chi connectivity index (χ1n) is 14.8. The number of aliphatic hydroxyl groups is 1. The molecular weight excluding hydrogens is 627 g/mol. The van der Waals surface area contributed by atoms with Crippen molar-refractivity contribution in [1.29, 1.82) is 0 Å². The van der Waals surface area contributed by atoms with E-state index in [0.717, 1.165) is 45.8 Å². The zero-order valence-electron chi connectivity index (χ0n) is 25.2. The molecule has 0 radical (unpaired) electrons. The van der Waals surface area contributed by atoms with Crippen LogP contribution in [0.2, 0.25) is 10.0 Å². The van der Waals surface area contributed by atoms with Gasteiger partial charge in [-0.1, -0.05) is 35.3 Å². The Bertz CT molecular complexity index is 1750. The number of hydrogen-bond acceptors (Lipinski definition) is 6. The predicted molar refractivity (Wildman–Crippen MR) is 179 cm³/mol. The van der Waals surface area contributed by atoms with Crippen molar-refractivity contribution >= 4 is 46.4 Å². The number of fused-ring (bicyclic) bond motifs is 3. The number of aliphatic hydroxyl groups excluding tert-OH is 1. The second kappa shape index (κ2) is 15.6. The fraction of sp³-hybridized carbons (Fsp3) is 0.229. The van der Waals surface area contributed by atoms with Crippen molar-refractivity contribution in [1.82, 2.24) is 20.2 Å². The van der Waals surface area contributed by atoms with Crippen LogP contribution in [0.4, 0.5) is 0 Å². The number of hydrogen-bond donors (Lipinski definition) is 3. The lowest BCUT2D eigenvalue weighted by atomic mass is 9.93. The van der Waals surface area contributed by atoms with Crippen molar-refractivity contribution in [2.24, 2.45) is 0 Å². The quantitative estimate of drug-likeness (QED) is 0.153. The molecule has 2 aromatic heterocycles. The maximum atomic E-state index is 12.1. The molecule has 0 aliphatic carbocycles. The normalized spacial score (nSPS) is 14.4. The molecule has 2 amide bonds. The minimum Gasteiger partial charge on any atom is -0.497 e. The number of aromatic amines is 1. The van der Waals surface area contributed by atoms with Crippen LogP contribution >= 0.6 is 23.2 Å². The van der Waals surface area contributed by atoms with Gasteiger partial charge in [0, 0.05) is 64.1 Å². The van der Waals surface area contributed by atoms with Crippen LogP contribution in [0.25, 0.3) is 10.9 Å². The summed E-state index contributed by atoms with van der Waals surface area (Å²) in [6, 6.07) is 23.7. The molecule has 2 unspecified atom stereocenters. The summed E-state index contributed by atoms with van der Waals surface area (Å²) in [6.45, 7) is 1.04. The van der Waals surface area contributed by atoms with Crippen molar-refractivity contribution in [3.05, 3.63) is 124 Å². The number of benzene rings is 3. The third-order valence-electron chi connectivity index (χ3n) is 7.67. The first kappa shape index (κ1) is 32.8. The number of amides is 2. The van der Waals surface area contributed by atoms with Gasteiger partial charge in [-0.25, -0.2) is 0 Å². The minimum absolute atomic E-state index is 0.130. The topological polar surface area (TPSA) is 117 Å². The molecular formula is C35H34Cl2N4O5. The molecule has 11 heteroatoms. The fourth-order valence-electron chi connectivity index (χ4n) is 5.30. The predicted octanol–water partition coefficient (Wildman–Crippen LogP) is 6.23. The summed E-state index contributed by atoms with van der Waals surface area (Å²) in [7, 11) is 1.63. The molecule has 0 saturated carbocycles. The van der Waals surface area contributed by atoms with Gasteiger partial charge in [-0.05, 0) is 84.3 Å². The van der Waals surface area contributed by atoms with Crippen molar-refractivity contribution in [2.45, 2.75) is 25.0 Å². The van der Waals surface area contributed by atoms with Gasteiger partial charge >= 0.3 is 0 Å². The Morgan fingerprint density at radius 2 is 1.74 bits per heavy atom. The number of H-pyrrole nitrogens is 1. The van der Waals surface area contributed by atoms with Crippen LogP contribution in [0.5, 0.6) is 11.5 Å². The highest BCUT2D eigenvalue weighted by molar-refractivity contribution is 6.31. The second-order valence-corrected chi connectivity index (χ2v) is 11.5. The van der Waals surface area contributed by atoms with Crippen LogP contribution in [-0.2, 0) is 11.2 Å². The molecule has 46 heavy (non-hydrogen) atoms. The highest BCUT2D eigenvalue weighted by Gasteiger charge is 2.31. The van der Waals surface area contributed by atoms with Crippen molar-refractivity contribution < 1.29 is 24.2 Å². The molecule has 3 heterocycles. The molecule has 5 aromatic rings. The Hall–Kier alpha value is -4.57. The van der Waals surface area contributed by atoms with Crippen LogP contribution in [0.1, 0.15) is 39.6 Å². The van der Waals surface area contributed by atoms with Crippen LogP contribution < -0.4 is 14.8 Å². The standard InChI is InChI=1S/C28H27ClN4O4.C7H7ClO/c29-20-3-6-25-24(15-20)23-9-13-33(17-34)27(26(23)32-25)18-1-4-22(5-2-18)37-14-10-21(35)16-31-28(36)19-7-11-30-12-8-19;1-9-7-4-2-6(8)3-5-7/h1-8,11-12,15,17,21,27,32,35H,9-10,13-14,16H2,(H,31,36);2-5H,1H3. The van der Waals surface area contributed by atoms with E-state index in [-0.39, 0.29) is 18.5 Å². The number of pyridine rings is 1. The molecule has 0 bridgehead atoms. The van der Waals surface area contributed by atoms with Gasteiger partial charge in [0.25, 0.3) is 5.91 Å². The molecule has 3 aromatic carbocycles. The second-order valence-electron chi connectivity index (χ2n) is 10.7. The monoisotopic (exact) mass is 660 g/mol. The molecule has 1 aliphatic rings. The SMILES string of the molecule is COc1ccc(Cl)cc1.O=CN1CCc2c([nH]c3ccc(Cl)cc23)C1c1ccc(OCCC(O)CNC(=O)c2ccncc2)cc1. The number of nitrogens with zero attached hydrogens (tertiary/aromatic N) is 2. The summed E-state index contributed by atoms with van der Waals surface area (Å²) in [5, 5.41) is 15.4. The van der Waals surface area contributed by atoms with Gasteiger partial charge in [0.15, 0.2) is 0 Å². The lowest BCUT2D eigenvalue weighted by molar-refractivity contribution is -0.120. The number of aromatic nitrogens is 2. The largest absolute Gasteiger partial charge is 0.497 e. The number of halogens is 2. The van der Waals surface area contributed by atoms with Crippen LogP contribution in [-0.4, -0.2) is 65.2 Å². The van der Waals surface area contributed by atoms with E-state index < -0.39 is 6.10 Å². The average Bonchev–Trinajstić information content (AvgIpc) is 3.46. The Morgan fingerprint density at radius 3 is 2.43 bits per heavy atom. The molecule has 2 atom stereocenters. The lowest BCUT2D eigenvalue weighted by Gasteiger charge is -2.33. The zero-order valence-corrected chi connectivity index (χ0v) is 26.7. The number of carbonyl (C=O) groups excluding carboxylic acids is 2. The Morgan fingerprint density at radius 1 is 1.04 bits per heavy atom. The molecule has 3 N–H and O–H groups in total. The summed E-state index contributed by atoms with van der Waals surface area (Å²) in [6.07, 6.45) is 4.38. The molecule has 238 valence electrons. The maximum absolute atomic E-state index is 12.1.